The molecule has 2 aromatic heterocycles. The summed E-state index contributed by atoms with van der Waals surface area (Å²) >= 11 is 13.2. The number of carbonyl (C=O) groups is 2. The third kappa shape index (κ3) is 11.7. The molecule has 5 unspecified atom stereocenters. The first-order valence-electron chi connectivity index (χ1n) is 22.5. The largest absolute Gasteiger partial charge is 0.382 e. The standard InChI is InChI=1S/C48H58Cl2F2N8O4/c1-48(2)20-29(22-56-42-17-31(6-8-40(42)52)35-18-44(57-26-37(35)49)59-46(61)32-4-3-11-53-23-32)14-43(64-48)33-15-34(25-54-24-33)47(62)60-45-19-36(38(50)27-58-45)30-5-7-39(51)41(16-30)55-21-28-9-12-63-13-10-28/h5-8,16-19,26-29,32-34,43,53-56H,3-4,9-15,20-25H2,1-2H3,(H,57,59,61)(H,58,60,62). The van der Waals surface area contributed by atoms with E-state index in [0.29, 0.717) is 100 Å². The van der Waals surface area contributed by atoms with E-state index in [-0.39, 0.29) is 53.2 Å². The summed E-state index contributed by atoms with van der Waals surface area (Å²) < 4.78 is 42.4. The van der Waals surface area contributed by atoms with Crippen LogP contribution in [0.15, 0.2) is 60.9 Å². The van der Waals surface area contributed by atoms with Crippen molar-refractivity contribution in [2.24, 2.45) is 29.6 Å². The number of carbonyl (C=O) groups excluding carboxylic acids is 2. The zero-order chi connectivity index (χ0) is 44.8. The van der Waals surface area contributed by atoms with Crippen molar-refractivity contribution in [2.45, 2.75) is 70.5 Å². The summed E-state index contributed by atoms with van der Waals surface area (Å²) in [7, 11) is 0. The van der Waals surface area contributed by atoms with E-state index in [2.05, 4.69) is 55.7 Å². The number of ether oxygens (including phenoxy) is 2. The van der Waals surface area contributed by atoms with Crippen LogP contribution in [0.1, 0.15) is 58.8 Å². The molecule has 342 valence electrons. The molecule has 2 aromatic carbocycles. The van der Waals surface area contributed by atoms with E-state index in [1.165, 1.54) is 24.5 Å². The van der Waals surface area contributed by atoms with Gasteiger partial charge in [-0.1, -0.05) is 35.3 Å². The number of piperidine rings is 2. The van der Waals surface area contributed by atoms with Crippen LogP contribution in [0.25, 0.3) is 22.3 Å². The Hall–Kier alpha value is -4.44. The van der Waals surface area contributed by atoms with Crippen LogP contribution in [-0.2, 0) is 19.1 Å². The van der Waals surface area contributed by atoms with E-state index in [0.717, 1.165) is 58.3 Å². The van der Waals surface area contributed by atoms with Gasteiger partial charge in [0, 0.05) is 69.5 Å². The maximum absolute atomic E-state index is 15.4. The predicted octanol–water partition coefficient (Wildman–Crippen LogP) is 9.02. The number of rotatable bonds is 13. The molecule has 12 nitrogen and oxygen atoms in total. The average Bonchev–Trinajstić information content (AvgIpc) is 3.30. The molecule has 0 radical (unpaired) electrons. The van der Waals surface area contributed by atoms with Crippen molar-refractivity contribution in [3.63, 3.8) is 0 Å². The van der Waals surface area contributed by atoms with E-state index < -0.39 is 5.60 Å². The van der Waals surface area contributed by atoms with Gasteiger partial charge in [0.15, 0.2) is 0 Å². The van der Waals surface area contributed by atoms with Crippen molar-refractivity contribution >= 4 is 58.0 Å². The van der Waals surface area contributed by atoms with Crippen molar-refractivity contribution in [1.29, 1.82) is 0 Å². The summed E-state index contributed by atoms with van der Waals surface area (Å²) in [5.41, 5.74) is 2.97. The summed E-state index contributed by atoms with van der Waals surface area (Å²) in [6, 6.07) is 13.1. The first kappa shape index (κ1) is 46.1. The van der Waals surface area contributed by atoms with Crippen LogP contribution in [0.5, 0.6) is 0 Å². The second-order valence-electron chi connectivity index (χ2n) is 18.4. The summed E-state index contributed by atoms with van der Waals surface area (Å²) in [4.78, 5) is 35.5. The SMILES string of the molecule is CC1(C)CC(CNc2cc(-c3cc(NC(=O)C4CCCNC4)ncc3Cl)ccc2F)CC(C2CNCC(C(=O)Nc3cc(-c4ccc(F)c(NCC5CCOCC5)c4)c(Cl)cn3)C2)O1. The highest BCUT2D eigenvalue weighted by Gasteiger charge is 2.41. The molecule has 2 amide bonds. The first-order valence-corrected chi connectivity index (χ1v) is 23.3. The second-order valence-corrected chi connectivity index (χ2v) is 19.2. The smallest absolute Gasteiger partial charge is 0.229 e. The molecular formula is C48H58Cl2F2N8O4. The fraction of sp³-hybridized carbons (Fsp3) is 0.500. The minimum atomic E-state index is -0.436. The van der Waals surface area contributed by atoms with Crippen molar-refractivity contribution in [2.75, 3.05) is 73.7 Å². The van der Waals surface area contributed by atoms with Crippen LogP contribution in [0.2, 0.25) is 10.0 Å². The molecule has 0 aliphatic carbocycles. The first-order chi connectivity index (χ1) is 30.9. The van der Waals surface area contributed by atoms with Gasteiger partial charge in [-0.2, -0.15) is 0 Å². The van der Waals surface area contributed by atoms with Crippen LogP contribution in [-0.4, -0.2) is 86.0 Å². The van der Waals surface area contributed by atoms with Gasteiger partial charge in [-0.25, -0.2) is 18.7 Å². The summed E-state index contributed by atoms with van der Waals surface area (Å²) in [6.45, 7) is 9.50. The Morgan fingerprint density at radius 3 is 1.92 bits per heavy atom. The lowest BCUT2D eigenvalue weighted by Crippen LogP contribution is -2.51. The zero-order valence-corrected chi connectivity index (χ0v) is 37.9. The minimum Gasteiger partial charge on any atom is -0.382 e. The third-order valence-corrected chi connectivity index (χ3v) is 13.6. The second kappa shape index (κ2) is 20.8. The number of amides is 2. The number of benzene rings is 2. The summed E-state index contributed by atoms with van der Waals surface area (Å²) in [5.74, 6) is -0.0799. The van der Waals surface area contributed by atoms with Crippen LogP contribution >= 0.6 is 23.2 Å². The number of pyridine rings is 2. The molecule has 6 N–H and O–H groups in total. The Balaban J connectivity index is 0.884. The molecule has 0 spiro atoms. The summed E-state index contributed by atoms with van der Waals surface area (Å²) in [5, 5.41) is 20.1. The minimum absolute atomic E-state index is 0.0598. The third-order valence-electron chi connectivity index (χ3n) is 13.0. The number of hydrogen-bond donors (Lipinski definition) is 6. The van der Waals surface area contributed by atoms with Crippen molar-refractivity contribution in [3.8, 4) is 22.3 Å². The van der Waals surface area contributed by atoms with E-state index in [4.69, 9.17) is 32.7 Å². The highest BCUT2D eigenvalue weighted by Crippen LogP contribution is 2.39. The molecule has 8 rings (SSSR count). The molecule has 0 saturated carbocycles. The molecule has 64 heavy (non-hydrogen) atoms. The van der Waals surface area contributed by atoms with E-state index >= 15 is 4.39 Å². The van der Waals surface area contributed by atoms with Gasteiger partial charge in [0.1, 0.15) is 23.3 Å². The Bertz CT molecular complexity index is 2290. The lowest BCUT2D eigenvalue weighted by molar-refractivity contribution is -0.149. The van der Waals surface area contributed by atoms with Gasteiger partial charge in [-0.3, -0.25) is 9.59 Å². The zero-order valence-electron chi connectivity index (χ0n) is 36.4. The molecule has 4 fully saturated rings. The van der Waals surface area contributed by atoms with Crippen molar-refractivity contribution in [1.82, 2.24) is 20.6 Å². The van der Waals surface area contributed by atoms with Gasteiger partial charge < -0.3 is 41.4 Å². The van der Waals surface area contributed by atoms with Crippen LogP contribution in [0, 0.1) is 41.2 Å². The van der Waals surface area contributed by atoms with Crippen LogP contribution in [0.4, 0.5) is 31.8 Å². The highest BCUT2D eigenvalue weighted by atomic mass is 35.5. The van der Waals surface area contributed by atoms with Crippen molar-refractivity contribution in [3.05, 3.63) is 82.6 Å². The number of hydrogen-bond acceptors (Lipinski definition) is 10. The molecule has 4 aromatic rings. The maximum atomic E-state index is 15.4. The number of aromatic nitrogens is 2. The average molecular weight is 920 g/mol. The van der Waals surface area contributed by atoms with Crippen LogP contribution < -0.4 is 31.9 Å². The van der Waals surface area contributed by atoms with Gasteiger partial charge >= 0.3 is 0 Å². The quantitative estimate of drug-likeness (QED) is 0.0767. The number of halogens is 4. The molecule has 0 bridgehead atoms. The van der Waals surface area contributed by atoms with Gasteiger partial charge in [0.25, 0.3) is 0 Å². The molecular weight excluding hydrogens is 861 g/mol. The lowest BCUT2D eigenvalue weighted by atomic mass is 9.78. The Morgan fingerprint density at radius 2 is 1.33 bits per heavy atom. The number of anilines is 4. The molecule has 5 atom stereocenters. The van der Waals surface area contributed by atoms with Crippen molar-refractivity contribution < 1.29 is 27.8 Å². The molecule has 6 heterocycles. The van der Waals surface area contributed by atoms with E-state index in [1.807, 2.05) is 0 Å². The molecule has 4 aliphatic rings. The van der Waals surface area contributed by atoms with Gasteiger partial charge in [-0.05, 0) is 131 Å². The van der Waals surface area contributed by atoms with Gasteiger partial charge in [0.2, 0.25) is 11.8 Å². The lowest BCUT2D eigenvalue weighted by Gasteiger charge is -2.45. The Morgan fingerprint density at radius 1 is 0.750 bits per heavy atom. The van der Waals surface area contributed by atoms with E-state index in [9.17, 15) is 14.0 Å². The normalized spacial score (nSPS) is 23.8. The number of nitrogens with zero attached hydrogens (tertiary/aromatic N) is 2. The van der Waals surface area contributed by atoms with Crippen LogP contribution in [0.3, 0.4) is 0 Å². The molecule has 16 heteroatoms. The number of nitrogens with one attached hydrogen (secondary N) is 6. The van der Waals surface area contributed by atoms with Gasteiger partial charge in [0.05, 0.1) is 45.0 Å². The monoisotopic (exact) mass is 918 g/mol. The molecule has 4 saturated heterocycles. The maximum Gasteiger partial charge on any atom is 0.229 e. The van der Waals surface area contributed by atoms with E-state index in [1.54, 1.807) is 36.4 Å². The predicted molar refractivity (Wildman–Crippen MR) is 249 cm³/mol. The Kier molecular flexibility index (Phi) is 15.0. The fourth-order valence-electron chi connectivity index (χ4n) is 9.62. The summed E-state index contributed by atoms with van der Waals surface area (Å²) in [6.07, 6.45) is 8.62. The fourth-order valence-corrected chi connectivity index (χ4v) is 10.0. The topological polar surface area (TPSA) is 151 Å². The highest BCUT2D eigenvalue weighted by molar-refractivity contribution is 6.33. The molecule has 4 aliphatic heterocycles. The van der Waals surface area contributed by atoms with Gasteiger partial charge in [-0.15, -0.1) is 0 Å². The Labute approximate surface area is 383 Å².